The van der Waals surface area contributed by atoms with Crippen LogP contribution in [0.2, 0.25) is 0 Å². The van der Waals surface area contributed by atoms with Crippen molar-refractivity contribution in [3.8, 4) is 101 Å². The highest BCUT2D eigenvalue weighted by molar-refractivity contribution is 5.94. The molecule has 0 unspecified atom stereocenters. The summed E-state index contributed by atoms with van der Waals surface area (Å²) in [6.07, 6.45) is 5.83. The van der Waals surface area contributed by atoms with Crippen LogP contribution in [-0.2, 0) is 19.8 Å². The van der Waals surface area contributed by atoms with E-state index in [2.05, 4.69) is 127 Å². The topological polar surface area (TPSA) is 99.4 Å². The Labute approximate surface area is 392 Å². The Morgan fingerprint density at radius 3 is 0.687 bits per heavy atom. The molecular weight excluding hydrogens is 821 g/mol. The average molecular weight is 867 g/mol. The number of aliphatic hydroxyl groups is 3. The largest absolute Gasteiger partial charge is 0.392 e. The van der Waals surface area contributed by atoms with Crippen LogP contribution in [0.1, 0.15) is 16.7 Å². The smallest absolute Gasteiger partial charge is 0.0702 e. The fourth-order valence-corrected chi connectivity index (χ4v) is 8.57. The normalized spacial score (nSPS) is 11.0. The lowest BCUT2D eigenvalue weighted by atomic mass is 9.86. The third-order valence-electron chi connectivity index (χ3n) is 12.2. The van der Waals surface area contributed by atoms with Gasteiger partial charge in [-0.3, -0.25) is 15.0 Å². The molecule has 0 aliphatic rings. The molecule has 6 nitrogen and oxygen atoms in total. The third-order valence-corrected chi connectivity index (χ3v) is 12.2. The molecule has 321 valence electrons. The van der Waals surface area contributed by atoms with Crippen molar-refractivity contribution < 1.29 is 15.3 Å². The predicted octanol–water partition coefficient (Wildman–Crippen LogP) is 13.0. The Bertz CT molecular complexity index is 2900. The second kappa shape index (κ2) is 20.0. The van der Waals surface area contributed by atoms with E-state index < -0.39 is 0 Å². The van der Waals surface area contributed by atoms with Gasteiger partial charge < -0.3 is 15.3 Å². The molecule has 67 heavy (non-hydrogen) atoms. The number of aliphatic hydroxyl groups excluding tert-OH is 3. The Hall–Kier alpha value is -8.07. The van der Waals surface area contributed by atoms with Gasteiger partial charge in [0.25, 0.3) is 0 Å². The van der Waals surface area contributed by atoms with Crippen LogP contribution in [0.4, 0.5) is 0 Å². The summed E-state index contributed by atoms with van der Waals surface area (Å²) in [5.74, 6) is 0. The van der Waals surface area contributed by atoms with Gasteiger partial charge in [-0.2, -0.15) is 0 Å². The van der Waals surface area contributed by atoms with Crippen molar-refractivity contribution >= 4 is 8.41 Å². The summed E-state index contributed by atoms with van der Waals surface area (Å²) in [5.41, 5.74) is 20.8. The van der Waals surface area contributed by atoms with Crippen LogP contribution in [0.5, 0.6) is 0 Å². The first kappa shape index (κ1) is 44.2. The van der Waals surface area contributed by atoms with E-state index in [1.54, 1.807) is 0 Å². The van der Waals surface area contributed by atoms with Gasteiger partial charge in [0.2, 0.25) is 0 Å². The zero-order valence-electron chi connectivity index (χ0n) is 36.7. The van der Waals surface area contributed by atoms with E-state index >= 15 is 0 Å². The molecule has 0 aliphatic carbocycles. The molecule has 10 rings (SSSR count). The Morgan fingerprint density at radius 1 is 0.254 bits per heavy atom. The number of hydrogen-bond donors (Lipinski definition) is 3. The molecule has 3 heterocycles. The first-order valence-corrected chi connectivity index (χ1v) is 22.0. The van der Waals surface area contributed by atoms with Gasteiger partial charge in [0, 0.05) is 60.4 Å². The highest BCUT2D eigenvalue weighted by Gasteiger charge is 2.17. The van der Waals surface area contributed by atoms with Crippen LogP contribution in [-0.4, -0.2) is 38.7 Å². The van der Waals surface area contributed by atoms with Crippen LogP contribution in [0.15, 0.2) is 219 Å². The molecule has 0 aliphatic heterocycles. The molecule has 0 fully saturated rings. The molecule has 0 spiro atoms. The fraction of sp³-hybridized carbons (Fsp3) is 0.0500. The highest BCUT2D eigenvalue weighted by Crippen LogP contribution is 2.42. The Morgan fingerprint density at radius 2 is 0.478 bits per heavy atom. The molecule has 0 amide bonds. The summed E-state index contributed by atoms with van der Waals surface area (Å²) in [5, 5.41) is 28.7. The van der Waals surface area contributed by atoms with Crippen LogP contribution < -0.4 is 0 Å². The average Bonchev–Trinajstić information content (AvgIpc) is 3.41. The second-order valence-corrected chi connectivity index (χ2v) is 16.3. The number of aromatic nitrogens is 3. The number of hydrogen-bond acceptors (Lipinski definition) is 6. The zero-order chi connectivity index (χ0) is 44.8. The standard InChI is InChI=1S/C60H45N3O3.B/c64-37-40-13-19-43(20-14-40)58-28-25-46(34-61-58)52-7-1-4-10-55(52)49-31-50(56-11-5-2-8-53(56)47-26-29-59(62-35-47)44-21-15-41(38-65)16-22-44)33-51(32-49)57-12-6-3-9-54(57)48-27-30-60(63-36-48)45-23-17-42(39-66)18-24-45;/h1-36,64-66H,37-39H2;. The highest BCUT2D eigenvalue weighted by atomic mass is 16.3. The minimum atomic E-state index is 0. The van der Waals surface area contributed by atoms with Crippen molar-refractivity contribution in [3.05, 3.63) is 235 Å². The van der Waals surface area contributed by atoms with E-state index in [0.29, 0.717) is 0 Å². The second-order valence-electron chi connectivity index (χ2n) is 16.3. The lowest BCUT2D eigenvalue weighted by Crippen LogP contribution is -1.93. The maximum Gasteiger partial charge on any atom is 0.0702 e. The van der Waals surface area contributed by atoms with Gasteiger partial charge >= 0.3 is 0 Å². The van der Waals surface area contributed by atoms with Gasteiger partial charge in [-0.15, -0.1) is 0 Å². The van der Waals surface area contributed by atoms with E-state index in [1.165, 1.54) is 0 Å². The van der Waals surface area contributed by atoms with Gasteiger partial charge in [0.15, 0.2) is 0 Å². The Balaban J connectivity index is 0.00000562. The van der Waals surface area contributed by atoms with Crippen LogP contribution in [0.25, 0.3) is 101 Å². The lowest BCUT2D eigenvalue weighted by Gasteiger charge is -2.18. The molecule has 3 aromatic heterocycles. The van der Waals surface area contributed by atoms with E-state index in [0.717, 1.165) is 117 Å². The predicted molar refractivity (Wildman–Crippen MR) is 272 cm³/mol. The zero-order valence-corrected chi connectivity index (χ0v) is 36.7. The fourth-order valence-electron chi connectivity index (χ4n) is 8.57. The third kappa shape index (κ3) is 9.39. The van der Waals surface area contributed by atoms with Crippen molar-refractivity contribution in [3.63, 3.8) is 0 Å². The molecule has 7 heteroatoms. The van der Waals surface area contributed by atoms with E-state index in [9.17, 15) is 15.3 Å². The summed E-state index contributed by atoms with van der Waals surface area (Å²) in [7, 11) is 0. The Kier molecular flexibility index (Phi) is 13.2. The molecular formula is C60H45BN3O3. The monoisotopic (exact) mass is 866 g/mol. The van der Waals surface area contributed by atoms with E-state index in [-0.39, 0.29) is 28.2 Å². The number of pyridine rings is 3. The van der Waals surface area contributed by atoms with E-state index in [4.69, 9.17) is 15.0 Å². The summed E-state index contributed by atoms with van der Waals surface area (Å²) in [4.78, 5) is 14.7. The van der Waals surface area contributed by atoms with Gasteiger partial charge in [0.05, 0.1) is 36.9 Å². The quantitative estimate of drug-likeness (QED) is 0.106. The van der Waals surface area contributed by atoms with Crippen molar-refractivity contribution in [2.75, 3.05) is 0 Å². The molecule has 0 saturated heterocycles. The summed E-state index contributed by atoms with van der Waals surface area (Å²) in [6, 6.07) is 68.5. The minimum Gasteiger partial charge on any atom is -0.392 e. The molecule has 0 bridgehead atoms. The SMILES string of the molecule is OCc1ccc(-c2ccc(-c3ccccc3-c3cc(-c4ccccc4-c4ccc(-c5ccc(CO)cc5)nc4)cc(-c4ccccc4-c4ccc(-c5ccc(CO)cc5)nc4)c3)cn2)cc1.[B]. The summed E-state index contributed by atoms with van der Waals surface area (Å²) < 4.78 is 0. The molecule has 10 aromatic rings. The molecule has 3 N–H and O–H groups in total. The number of rotatable bonds is 12. The van der Waals surface area contributed by atoms with Crippen molar-refractivity contribution in [2.45, 2.75) is 19.8 Å². The molecule has 3 radical (unpaired) electrons. The van der Waals surface area contributed by atoms with Gasteiger partial charge in [-0.05, 0) is 103 Å². The maximum atomic E-state index is 9.56. The molecule has 7 aromatic carbocycles. The lowest BCUT2D eigenvalue weighted by molar-refractivity contribution is 0.281. The van der Waals surface area contributed by atoms with Crippen LogP contribution in [0.3, 0.4) is 0 Å². The van der Waals surface area contributed by atoms with Crippen molar-refractivity contribution in [1.82, 2.24) is 15.0 Å². The summed E-state index contributed by atoms with van der Waals surface area (Å²) in [6.45, 7) is 0.0101. The number of benzene rings is 7. The van der Waals surface area contributed by atoms with E-state index in [1.807, 2.05) is 91.4 Å². The van der Waals surface area contributed by atoms with Crippen LogP contribution >= 0.6 is 0 Å². The summed E-state index contributed by atoms with van der Waals surface area (Å²) >= 11 is 0. The van der Waals surface area contributed by atoms with Gasteiger partial charge in [-0.1, -0.05) is 164 Å². The maximum absolute atomic E-state index is 9.56. The van der Waals surface area contributed by atoms with Crippen molar-refractivity contribution in [1.29, 1.82) is 0 Å². The van der Waals surface area contributed by atoms with Crippen LogP contribution in [0, 0.1) is 0 Å². The molecule has 0 atom stereocenters. The minimum absolute atomic E-state index is 0. The van der Waals surface area contributed by atoms with Gasteiger partial charge in [0.1, 0.15) is 0 Å². The van der Waals surface area contributed by atoms with Crippen molar-refractivity contribution in [2.24, 2.45) is 0 Å². The first-order chi connectivity index (χ1) is 32.5. The first-order valence-electron chi connectivity index (χ1n) is 22.0. The number of nitrogens with zero attached hydrogens (tertiary/aromatic N) is 3. The van der Waals surface area contributed by atoms with Gasteiger partial charge in [-0.25, -0.2) is 0 Å². The molecule has 0 saturated carbocycles.